The van der Waals surface area contributed by atoms with Gasteiger partial charge < -0.3 is 20.5 Å². The Morgan fingerprint density at radius 1 is 1.09 bits per heavy atom. The zero-order valence-electron chi connectivity index (χ0n) is 17.2. The maximum atomic E-state index is 14.3. The Labute approximate surface area is 181 Å². The number of nitrogens with one attached hydrogen (secondary N) is 2. The molecule has 1 atom stereocenters. The van der Waals surface area contributed by atoms with Crippen LogP contribution in [0.1, 0.15) is 38.1 Å². The van der Waals surface area contributed by atoms with Crippen molar-refractivity contribution in [3.8, 4) is 0 Å². The predicted molar refractivity (Wildman–Crippen MR) is 111 cm³/mol. The van der Waals surface area contributed by atoms with Gasteiger partial charge in [0, 0.05) is 24.8 Å². The van der Waals surface area contributed by atoms with E-state index in [2.05, 4.69) is 25.6 Å². The number of halogens is 3. The van der Waals surface area contributed by atoms with Gasteiger partial charge in [-0.2, -0.15) is 4.98 Å². The number of fused-ring (bicyclic) bond motifs is 1. The first-order valence-electron chi connectivity index (χ1n) is 10.7. The Morgan fingerprint density at radius 2 is 1.84 bits per heavy atom. The third kappa shape index (κ3) is 4.09. The molecule has 0 spiro atoms. The molecule has 32 heavy (non-hydrogen) atoms. The molecule has 3 N–H and O–H groups in total. The number of hydrogen-bond acceptors (Lipinski definition) is 7. The third-order valence-electron chi connectivity index (χ3n) is 5.98. The number of benzene rings is 1. The highest BCUT2D eigenvalue weighted by Crippen LogP contribution is 2.32. The molecule has 11 heteroatoms. The molecule has 0 unspecified atom stereocenters. The Morgan fingerprint density at radius 3 is 2.53 bits per heavy atom. The molecule has 8 nitrogen and oxygen atoms in total. The highest BCUT2D eigenvalue weighted by atomic mass is 19.1. The molecule has 170 valence electrons. The maximum absolute atomic E-state index is 14.3. The number of aliphatic hydroxyl groups is 1. The summed E-state index contributed by atoms with van der Waals surface area (Å²) in [5.74, 6) is -2.52. The van der Waals surface area contributed by atoms with Gasteiger partial charge in [-0.05, 0) is 32.1 Å². The summed E-state index contributed by atoms with van der Waals surface area (Å²) >= 11 is 0. The molecule has 2 fully saturated rings. The zero-order chi connectivity index (χ0) is 22.2. The zero-order valence-corrected chi connectivity index (χ0v) is 17.2. The number of nitrogens with zero attached hydrogens (tertiary/aromatic N) is 4. The quantitative estimate of drug-likeness (QED) is 0.546. The van der Waals surface area contributed by atoms with Gasteiger partial charge in [-0.3, -0.25) is 4.57 Å². The normalized spacial score (nSPS) is 23.6. The molecule has 0 bridgehead atoms. The van der Waals surface area contributed by atoms with Crippen molar-refractivity contribution in [3.05, 3.63) is 35.8 Å². The van der Waals surface area contributed by atoms with Crippen molar-refractivity contribution in [2.75, 3.05) is 23.8 Å². The van der Waals surface area contributed by atoms with Gasteiger partial charge in [0.05, 0.1) is 24.9 Å². The van der Waals surface area contributed by atoms with Crippen molar-refractivity contribution in [2.24, 2.45) is 0 Å². The highest BCUT2D eigenvalue weighted by Gasteiger charge is 2.27. The van der Waals surface area contributed by atoms with Crippen molar-refractivity contribution in [3.63, 3.8) is 0 Å². The van der Waals surface area contributed by atoms with Gasteiger partial charge in [-0.25, -0.2) is 23.1 Å². The summed E-state index contributed by atoms with van der Waals surface area (Å²) < 4.78 is 49.1. The lowest BCUT2D eigenvalue weighted by Gasteiger charge is -2.26. The number of aromatic nitrogens is 4. The SMILES string of the molecule is OC1CCC(N[14c]2ncc3nc(Nc4c(F)cc(F)cc4F)n([C@H]4CCOC4)c3n2)CC1. The van der Waals surface area contributed by atoms with E-state index in [1.807, 2.05) is 0 Å². The van der Waals surface area contributed by atoms with Crippen molar-refractivity contribution in [1.29, 1.82) is 0 Å². The molecule has 0 radical (unpaired) electrons. The fraction of sp³-hybridized carbons (Fsp3) is 0.476. The Hall–Kier alpha value is -2.92. The first-order valence-corrected chi connectivity index (χ1v) is 10.7. The minimum Gasteiger partial charge on any atom is -0.393 e. The van der Waals surface area contributed by atoms with E-state index in [-0.39, 0.29) is 24.1 Å². The standard InChI is InChI=1S/C21H23F3N6O2/c22-11-7-15(23)18(16(24)8-11)28-21-27-17-9-25-20(26-12-1-3-14(31)4-2-12)29-19(17)30(21)13-5-6-32-10-13/h7-9,12-14,31H,1-6,10H2,(H,27,28)(H,25,26,29)/t12?,13-,14?/m0/s1/i20+2. The van der Waals surface area contributed by atoms with Crippen LogP contribution in [-0.4, -0.2) is 50.0 Å². The molecule has 1 aliphatic heterocycles. The average molecular weight is 450 g/mol. The molecule has 3 heterocycles. The van der Waals surface area contributed by atoms with Crippen LogP contribution in [0.4, 0.5) is 30.8 Å². The third-order valence-corrected chi connectivity index (χ3v) is 5.98. The summed E-state index contributed by atoms with van der Waals surface area (Å²) in [6.45, 7) is 0.950. The molecule has 1 aliphatic carbocycles. The number of hydrogen-bond donors (Lipinski definition) is 3. The molecule has 1 saturated heterocycles. The number of ether oxygens (including phenoxy) is 1. The van der Waals surface area contributed by atoms with E-state index >= 15 is 0 Å². The topological polar surface area (TPSA) is 97.1 Å². The number of imidazole rings is 1. The molecular weight excluding hydrogens is 427 g/mol. The van der Waals surface area contributed by atoms with Gasteiger partial charge in [-0.1, -0.05) is 0 Å². The minimum atomic E-state index is -1.06. The van der Waals surface area contributed by atoms with Crippen LogP contribution in [-0.2, 0) is 4.74 Å². The predicted octanol–water partition coefficient (Wildman–Crippen LogP) is 3.66. The van der Waals surface area contributed by atoms with Crippen molar-refractivity contribution < 1.29 is 23.0 Å². The molecule has 2 aromatic heterocycles. The highest BCUT2D eigenvalue weighted by molar-refractivity contribution is 5.76. The van der Waals surface area contributed by atoms with E-state index in [0.717, 1.165) is 25.7 Å². The molecule has 1 aromatic carbocycles. The molecular formula is C21H23F3N6O2. The van der Waals surface area contributed by atoms with Crippen molar-refractivity contribution in [2.45, 2.75) is 50.3 Å². The number of aliphatic hydroxyl groups excluding tert-OH is 1. The van der Waals surface area contributed by atoms with Crippen LogP contribution >= 0.6 is 0 Å². The summed E-state index contributed by atoms with van der Waals surface area (Å²) in [4.78, 5) is 13.4. The van der Waals surface area contributed by atoms with E-state index in [1.165, 1.54) is 0 Å². The first-order chi connectivity index (χ1) is 15.5. The second kappa shape index (κ2) is 8.55. The van der Waals surface area contributed by atoms with Gasteiger partial charge in [0.1, 0.15) is 17.0 Å². The Kier molecular flexibility index (Phi) is 5.60. The average Bonchev–Trinajstić information content (AvgIpc) is 3.39. The number of rotatable bonds is 5. The molecule has 5 rings (SSSR count). The van der Waals surface area contributed by atoms with Crippen LogP contribution in [0.2, 0.25) is 0 Å². The molecule has 0 amide bonds. The van der Waals surface area contributed by atoms with E-state index in [4.69, 9.17) is 4.74 Å². The minimum absolute atomic E-state index is 0.137. The summed E-state index contributed by atoms with van der Waals surface area (Å²) in [7, 11) is 0. The van der Waals surface area contributed by atoms with Crippen LogP contribution in [0.3, 0.4) is 0 Å². The van der Waals surface area contributed by atoms with E-state index in [9.17, 15) is 18.3 Å². The van der Waals surface area contributed by atoms with E-state index in [0.29, 0.717) is 48.9 Å². The van der Waals surface area contributed by atoms with Crippen LogP contribution < -0.4 is 10.6 Å². The summed E-state index contributed by atoms with van der Waals surface area (Å²) in [6.07, 6.45) is 5.04. The molecule has 3 aromatic rings. The van der Waals surface area contributed by atoms with Gasteiger partial charge in [0.15, 0.2) is 17.3 Å². The summed E-state index contributed by atoms with van der Waals surface area (Å²) in [5, 5.41) is 15.7. The monoisotopic (exact) mass is 450 g/mol. The maximum Gasteiger partial charge on any atom is 0.224 e. The van der Waals surface area contributed by atoms with Crippen molar-refractivity contribution in [1.82, 2.24) is 19.5 Å². The van der Waals surface area contributed by atoms with Crippen LogP contribution in [0.15, 0.2) is 18.3 Å². The largest absolute Gasteiger partial charge is 0.393 e. The first kappa shape index (κ1) is 21.0. The molecule has 2 aliphatic rings. The second-order valence-corrected chi connectivity index (χ2v) is 8.24. The number of anilines is 3. The Bertz CT molecular complexity index is 1100. The second-order valence-electron chi connectivity index (χ2n) is 8.24. The van der Waals surface area contributed by atoms with Gasteiger partial charge in [0.25, 0.3) is 0 Å². The Balaban J connectivity index is 1.51. The van der Waals surface area contributed by atoms with E-state index in [1.54, 1.807) is 10.8 Å². The van der Waals surface area contributed by atoms with Gasteiger partial charge in [-0.15, -0.1) is 0 Å². The lowest BCUT2D eigenvalue weighted by molar-refractivity contribution is 0.126. The smallest absolute Gasteiger partial charge is 0.224 e. The summed E-state index contributed by atoms with van der Waals surface area (Å²) in [6, 6.07) is 1.24. The summed E-state index contributed by atoms with van der Waals surface area (Å²) in [5.41, 5.74) is 0.458. The van der Waals surface area contributed by atoms with Gasteiger partial charge in [0.2, 0.25) is 11.9 Å². The fourth-order valence-corrected chi connectivity index (χ4v) is 4.30. The lowest BCUT2D eigenvalue weighted by atomic mass is 9.94. The van der Waals surface area contributed by atoms with Crippen LogP contribution in [0.5, 0.6) is 0 Å². The van der Waals surface area contributed by atoms with Crippen molar-refractivity contribution >= 4 is 28.7 Å². The van der Waals surface area contributed by atoms with Crippen LogP contribution in [0.25, 0.3) is 11.2 Å². The lowest BCUT2D eigenvalue weighted by Crippen LogP contribution is -2.29. The van der Waals surface area contributed by atoms with Gasteiger partial charge >= 0.3 is 0 Å². The molecule has 1 saturated carbocycles. The van der Waals surface area contributed by atoms with Crippen LogP contribution in [0, 0.1) is 17.5 Å². The van der Waals surface area contributed by atoms with E-state index < -0.39 is 23.1 Å². The fourth-order valence-electron chi connectivity index (χ4n) is 4.30.